The van der Waals surface area contributed by atoms with Gasteiger partial charge in [0.1, 0.15) is 29.0 Å². The predicted molar refractivity (Wildman–Crippen MR) is 105 cm³/mol. The summed E-state index contributed by atoms with van der Waals surface area (Å²) in [7, 11) is 0. The number of nitrogens with zero attached hydrogens (tertiary/aromatic N) is 6. The third kappa shape index (κ3) is 2.40. The van der Waals surface area contributed by atoms with Gasteiger partial charge in [-0.15, -0.1) is 0 Å². The van der Waals surface area contributed by atoms with E-state index in [0.717, 1.165) is 11.1 Å². The normalized spacial score (nSPS) is 11.5. The van der Waals surface area contributed by atoms with E-state index in [1.807, 2.05) is 0 Å². The summed E-state index contributed by atoms with van der Waals surface area (Å²) in [5, 5.41) is 7.26. The average Bonchev–Trinajstić information content (AvgIpc) is 3.53. The molecule has 6 rings (SSSR count). The van der Waals surface area contributed by atoms with Gasteiger partial charge in [-0.25, -0.2) is 24.3 Å². The third-order valence-electron chi connectivity index (χ3n) is 4.82. The monoisotopic (exact) mass is 398 g/mol. The van der Waals surface area contributed by atoms with Crippen LogP contribution >= 0.6 is 0 Å². The highest BCUT2D eigenvalue weighted by Gasteiger charge is 2.21. The van der Waals surface area contributed by atoms with Crippen LogP contribution in [-0.2, 0) is 0 Å². The molecule has 6 aromatic rings. The van der Waals surface area contributed by atoms with Gasteiger partial charge in [-0.05, 0) is 12.1 Å². The van der Waals surface area contributed by atoms with E-state index in [1.54, 1.807) is 30.9 Å². The van der Waals surface area contributed by atoms with Crippen molar-refractivity contribution in [3.05, 3.63) is 61.6 Å². The summed E-state index contributed by atoms with van der Waals surface area (Å²) < 4.78 is 20.6. The highest BCUT2D eigenvalue weighted by Crippen LogP contribution is 2.33. The van der Waals surface area contributed by atoms with Crippen LogP contribution in [0.25, 0.3) is 56.0 Å². The Hall–Kier alpha value is -4.47. The first kappa shape index (κ1) is 16.5. The smallest absolute Gasteiger partial charge is 0.159 e. The first-order valence-electron chi connectivity index (χ1n) is 8.95. The number of halogens is 1. The van der Waals surface area contributed by atoms with E-state index in [4.69, 9.17) is 4.42 Å². The van der Waals surface area contributed by atoms with Gasteiger partial charge < -0.3 is 9.40 Å². The van der Waals surface area contributed by atoms with E-state index in [0.29, 0.717) is 33.9 Å². The molecule has 6 heterocycles. The lowest BCUT2D eigenvalue weighted by Gasteiger charge is -2.03. The zero-order valence-electron chi connectivity index (χ0n) is 15.2. The second-order valence-electron chi connectivity index (χ2n) is 6.56. The molecule has 0 atom stereocenters. The van der Waals surface area contributed by atoms with Crippen molar-refractivity contribution in [2.75, 3.05) is 0 Å². The van der Waals surface area contributed by atoms with Crippen LogP contribution in [0.1, 0.15) is 0 Å². The molecule has 0 saturated carbocycles. The molecule has 0 aromatic carbocycles. The molecule has 0 aliphatic heterocycles. The molecule has 0 unspecified atom stereocenters. The van der Waals surface area contributed by atoms with Crippen molar-refractivity contribution < 1.29 is 8.81 Å². The fourth-order valence-electron chi connectivity index (χ4n) is 3.42. The largest absolute Gasteiger partial charge is 0.472 e. The van der Waals surface area contributed by atoms with Gasteiger partial charge in [0.2, 0.25) is 0 Å². The minimum atomic E-state index is -0.479. The summed E-state index contributed by atoms with van der Waals surface area (Å²) in [4.78, 5) is 24.4. The summed E-state index contributed by atoms with van der Waals surface area (Å²) in [6.07, 6.45) is 10.7. The Bertz CT molecular complexity index is 1500. The summed E-state index contributed by atoms with van der Waals surface area (Å²) in [6.45, 7) is 0. The molecule has 2 N–H and O–H groups in total. The van der Waals surface area contributed by atoms with E-state index in [-0.39, 0.29) is 10.9 Å². The number of aromatic amines is 2. The standard InChI is InChI=1S/C20H11FN8O/c21-15-12(11-5-22-9-23-6-11)7-25-19-14(15)18(28-29-19)20-26-13-1-3-24-16(17(13)27-20)10-2-4-30-8-10/h1-9H,(H,26,27)(H,25,28,29). The van der Waals surface area contributed by atoms with Gasteiger partial charge in [-0.2, -0.15) is 5.10 Å². The molecule has 0 bridgehead atoms. The first-order chi connectivity index (χ1) is 14.8. The van der Waals surface area contributed by atoms with E-state index in [2.05, 4.69) is 40.1 Å². The lowest BCUT2D eigenvalue weighted by Crippen LogP contribution is -1.91. The lowest BCUT2D eigenvalue weighted by atomic mass is 10.1. The van der Waals surface area contributed by atoms with Gasteiger partial charge in [0.25, 0.3) is 0 Å². The second kappa shape index (κ2) is 6.27. The average molecular weight is 398 g/mol. The molecule has 0 spiro atoms. The zero-order valence-corrected chi connectivity index (χ0v) is 15.2. The molecule has 0 saturated heterocycles. The fourth-order valence-corrected chi connectivity index (χ4v) is 3.42. The van der Waals surface area contributed by atoms with Gasteiger partial charge >= 0.3 is 0 Å². The Kier molecular flexibility index (Phi) is 3.45. The summed E-state index contributed by atoms with van der Waals surface area (Å²) >= 11 is 0. The molecule has 0 amide bonds. The number of imidazole rings is 1. The Balaban J connectivity index is 1.57. The molecule has 0 fully saturated rings. The van der Waals surface area contributed by atoms with E-state index in [1.165, 1.54) is 24.9 Å². The topological polar surface area (TPSA) is 122 Å². The quantitative estimate of drug-likeness (QED) is 0.465. The van der Waals surface area contributed by atoms with Crippen molar-refractivity contribution in [3.63, 3.8) is 0 Å². The first-order valence-corrected chi connectivity index (χ1v) is 8.95. The number of hydrogen-bond donors (Lipinski definition) is 2. The van der Waals surface area contributed by atoms with Gasteiger partial charge in [0.15, 0.2) is 11.5 Å². The summed E-state index contributed by atoms with van der Waals surface area (Å²) in [6, 6.07) is 3.60. The SMILES string of the molecule is Fc1c(-c2cncnc2)cnc2[nH]nc(-c3nc4c(-c5ccoc5)nccc4[nH]3)c12. The maximum atomic E-state index is 15.5. The molecule has 0 aliphatic carbocycles. The number of hydrogen-bond acceptors (Lipinski definition) is 7. The van der Waals surface area contributed by atoms with Crippen molar-refractivity contribution in [1.82, 2.24) is 40.1 Å². The van der Waals surface area contributed by atoms with Crippen molar-refractivity contribution >= 4 is 22.1 Å². The zero-order chi connectivity index (χ0) is 20.1. The number of furan rings is 1. The number of pyridine rings is 2. The van der Waals surface area contributed by atoms with Crippen LogP contribution in [0, 0.1) is 5.82 Å². The van der Waals surface area contributed by atoms with Crippen LogP contribution in [0.4, 0.5) is 4.39 Å². The minimum absolute atomic E-state index is 0.230. The number of nitrogens with one attached hydrogen (secondary N) is 2. The van der Waals surface area contributed by atoms with Gasteiger partial charge in [-0.3, -0.25) is 10.1 Å². The van der Waals surface area contributed by atoms with Gasteiger partial charge in [0.05, 0.1) is 23.4 Å². The molecule has 144 valence electrons. The minimum Gasteiger partial charge on any atom is -0.472 e. The molecule has 9 nitrogen and oxygen atoms in total. The Morgan fingerprint density at radius 3 is 2.70 bits per heavy atom. The van der Waals surface area contributed by atoms with Crippen LogP contribution in [0.15, 0.2) is 60.2 Å². The number of rotatable bonds is 3. The Morgan fingerprint density at radius 2 is 1.87 bits per heavy atom. The second-order valence-corrected chi connectivity index (χ2v) is 6.56. The summed E-state index contributed by atoms with van der Waals surface area (Å²) in [5.41, 5.74) is 4.27. The van der Waals surface area contributed by atoms with E-state index >= 15 is 4.39 Å². The van der Waals surface area contributed by atoms with Crippen LogP contribution in [0.5, 0.6) is 0 Å². The fraction of sp³-hybridized carbons (Fsp3) is 0. The van der Waals surface area contributed by atoms with Crippen LogP contribution < -0.4 is 0 Å². The lowest BCUT2D eigenvalue weighted by molar-refractivity contribution is 0.568. The van der Waals surface area contributed by atoms with Crippen LogP contribution in [0.2, 0.25) is 0 Å². The highest BCUT2D eigenvalue weighted by molar-refractivity contribution is 5.96. The molecule has 0 aliphatic rings. The Morgan fingerprint density at radius 1 is 0.967 bits per heavy atom. The molecule has 6 aromatic heterocycles. The van der Waals surface area contributed by atoms with Crippen molar-refractivity contribution in [1.29, 1.82) is 0 Å². The maximum Gasteiger partial charge on any atom is 0.159 e. The maximum absolute atomic E-state index is 15.5. The molecular weight excluding hydrogens is 387 g/mol. The Labute approximate surface area is 167 Å². The van der Waals surface area contributed by atoms with E-state index < -0.39 is 5.82 Å². The summed E-state index contributed by atoms with van der Waals surface area (Å²) in [5.74, 6) is -0.0802. The predicted octanol–water partition coefficient (Wildman–Crippen LogP) is 3.75. The molecular formula is C20H11FN8O. The number of aromatic nitrogens is 8. The van der Waals surface area contributed by atoms with Crippen molar-refractivity contribution in [3.8, 4) is 33.9 Å². The van der Waals surface area contributed by atoms with E-state index in [9.17, 15) is 0 Å². The van der Waals surface area contributed by atoms with Gasteiger partial charge in [0, 0.05) is 41.5 Å². The highest BCUT2D eigenvalue weighted by atomic mass is 19.1. The van der Waals surface area contributed by atoms with Crippen molar-refractivity contribution in [2.24, 2.45) is 0 Å². The molecule has 30 heavy (non-hydrogen) atoms. The molecule has 0 radical (unpaired) electrons. The molecule has 10 heteroatoms. The van der Waals surface area contributed by atoms with Crippen LogP contribution in [-0.4, -0.2) is 40.1 Å². The van der Waals surface area contributed by atoms with Gasteiger partial charge in [-0.1, -0.05) is 0 Å². The third-order valence-corrected chi connectivity index (χ3v) is 4.82. The number of H-pyrrole nitrogens is 2. The number of fused-ring (bicyclic) bond motifs is 2. The van der Waals surface area contributed by atoms with Crippen LogP contribution in [0.3, 0.4) is 0 Å². The van der Waals surface area contributed by atoms with Crippen molar-refractivity contribution in [2.45, 2.75) is 0 Å².